The fraction of sp³-hybridized carbons (Fsp3) is 0.200. The molecule has 4 aromatic rings. The summed E-state index contributed by atoms with van der Waals surface area (Å²) in [5.74, 6) is -0.133. The number of hydrogen-bond acceptors (Lipinski definition) is 4. The minimum atomic E-state index is -3.01. The third-order valence-corrected chi connectivity index (χ3v) is 6.46. The Morgan fingerprint density at radius 3 is 2.47 bits per heavy atom. The summed E-state index contributed by atoms with van der Waals surface area (Å²) in [5, 5.41) is 8.18. The van der Waals surface area contributed by atoms with Crippen molar-refractivity contribution in [2.45, 2.75) is 31.2 Å². The molecule has 2 N–H and O–H groups in total. The summed E-state index contributed by atoms with van der Waals surface area (Å²) in [7, 11) is -3.01. The van der Waals surface area contributed by atoms with E-state index in [1.807, 2.05) is 43.5 Å². The van der Waals surface area contributed by atoms with Gasteiger partial charge in [-0.1, -0.05) is 60.2 Å². The van der Waals surface area contributed by atoms with Crippen LogP contribution in [0.2, 0.25) is 0 Å². The number of nitrogens with one attached hydrogen (secondary N) is 2. The maximum Gasteiger partial charge on any atom is 0.224 e. The van der Waals surface area contributed by atoms with Crippen molar-refractivity contribution in [1.82, 2.24) is 9.78 Å². The second-order valence-electron chi connectivity index (χ2n) is 8.10. The van der Waals surface area contributed by atoms with Gasteiger partial charge in [0.25, 0.3) is 0 Å². The number of anilines is 1. The molecule has 0 aliphatic heterocycles. The van der Waals surface area contributed by atoms with Gasteiger partial charge in [-0.25, -0.2) is 8.99 Å². The first-order valence-corrected chi connectivity index (χ1v) is 12.4. The number of hydrogen-bond donors (Lipinski definition) is 2. The van der Waals surface area contributed by atoms with Gasteiger partial charge in [-0.2, -0.15) is 5.10 Å². The van der Waals surface area contributed by atoms with Crippen LogP contribution in [0.4, 0.5) is 5.69 Å². The number of rotatable bonds is 7. The highest BCUT2D eigenvalue weighted by atomic mass is 32.2. The summed E-state index contributed by atoms with van der Waals surface area (Å²) in [4.78, 5) is 12.9. The highest BCUT2D eigenvalue weighted by Gasteiger charge is 2.15. The summed E-state index contributed by atoms with van der Waals surface area (Å²) < 4.78 is 22.6. The fourth-order valence-corrected chi connectivity index (χ4v) is 4.55. The van der Waals surface area contributed by atoms with Crippen molar-refractivity contribution < 1.29 is 9.00 Å². The predicted molar refractivity (Wildman–Crippen MR) is 128 cm³/mol. The van der Waals surface area contributed by atoms with Crippen LogP contribution in [0.15, 0.2) is 77.8 Å². The molecule has 1 heterocycles. The second-order valence-corrected chi connectivity index (χ2v) is 10.2. The summed E-state index contributed by atoms with van der Waals surface area (Å²) in [6.45, 7) is 2.61. The van der Waals surface area contributed by atoms with E-state index >= 15 is 0 Å². The SMILES string of the molecule is Cc1ccc(Cn2cc3c([S@](C)(=N)=O)cc(NC(=O)CCc4ccccc4)cc3n2)cc1. The highest BCUT2D eigenvalue weighted by Crippen LogP contribution is 2.28. The Labute approximate surface area is 188 Å². The van der Waals surface area contributed by atoms with Crippen molar-refractivity contribution in [1.29, 1.82) is 4.78 Å². The number of amides is 1. The Balaban J connectivity index is 1.59. The molecule has 0 saturated carbocycles. The fourth-order valence-electron chi connectivity index (χ4n) is 3.62. The molecule has 32 heavy (non-hydrogen) atoms. The zero-order valence-electron chi connectivity index (χ0n) is 18.2. The van der Waals surface area contributed by atoms with Gasteiger partial charge >= 0.3 is 0 Å². The first kappa shape index (κ1) is 21.8. The average molecular weight is 447 g/mol. The molecule has 1 amide bonds. The minimum absolute atomic E-state index is 0.133. The van der Waals surface area contributed by atoms with Gasteiger partial charge in [0.2, 0.25) is 5.91 Å². The Morgan fingerprint density at radius 2 is 1.78 bits per heavy atom. The van der Waals surface area contributed by atoms with Crippen LogP contribution in [0.25, 0.3) is 10.9 Å². The van der Waals surface area contributed by atoms with Crippen molar-refractivity contribution in [3.8, 4) is 0 Å². The van der Waals surface area contributed by atoms with E-state index in [0.29, 0.717) is 40.9 Å². The van der Waals surface area contributed by atoms with Crippen LogP contribution < -0.4 is 5.32 Å². The lowest BCUT2D eigenvalue weighted by molar-refractivity contribution is -0.116. The standard InChI is InChI=1S/C25H26N4O2S/c1-18-8-10-20(11-9-18)16-29-17-22-23(28-29)14-21(15-24(22)32(2,26)31)27-25(30)13-12-19-6-4-3-5-7-19/h3-11,14-15,17,26H,12-13,16H2,1-2H3,(H,27,30)/t32-/m1/s1. The smallest absolute Gasteiger partial charge is 0.224 e. The number of carbonyl (C=O) groups is 1. The van der Waals surface area contributed by atoms with Crippen molar-refractivity contribution in [3.63, 3.8) is 0 Å². The largest absolute Gasteiger partial charge is 0.326 e. The molecule has 0 aliphatic rings. The van der Waals surface area contributed by atoms with E-state index in [1.54, 1.807) is 16.8 Å². The molecule has 7 heteroatoms. The molecular weight excluding hydrogens is 420 g/mol. The van der Waals surface area contributed by atoms with Crippen LogP contribution in [0.3, 0.4) is 0 Å². The molecule has 6 nitrogen and oxygen atoms in total. The average Bonchev–Trinajstić information content (AvgIpc) is 3.15. The Hall–Kier alpha value is -3.45. The number of benzene rings is 3. The van der Waals surface area contributed by atoms with Gasteiger partial charge in [0.15, 0.2) is 0 Å². The van der Waals surface area contributed by atoms with E-state index in [4.69, 9.17) is 4.78 Å². The number of fused-ring (bicyclic) bond motifs is 1. The van der Waals surface area contributed by atoms with E-state index in [1.165, 1.54) is 11.8 Å². The second kappa shape index (κ2) is 8.96. The van der Waals surface area contributed by atoms with Gasteiger partial charge < -0.3 is 5.32 Å². The molecule has 1 atom stereocenters. The first-order chi connectivity index (χ1) is 15.3. The molecule has 4 rings (SSSR count). The van der Waals surface area contributed by atoms with Crippen molar-refractivity contribution in [3.05, 3.63) is 89.6 Å². The lowest BCUT2D eigenvalue weighted by atomic mass is 10.1. The molecule has 0 aliphatic carbocycles. The van der Waals surface area contributed by atoms with E-state index in [2.05, 4.69) is 34.7 Å². The van der Waals surface area contributed by atoms with Crippen LogP contribution in [0.1, 0.15) is 23.1 Å². The van der Waals surface area contributed by atoms with Gasteiger partial charge in [-0.15, -0.1) is 0 Å². The molecule has 0 saturated heterocycles. The Kier molecular flexibility index (Phi) is 6.10. The minimum Gasteiger partial charge on any atom is -0.326 e. The maximum absolute atomic E-state index is 12.7. The molecule has 0 bridgehead atoms. The Morgan fingerprint density at radius 1 is 1.06 bits per heavy atom. The molecule has 0 fully saturated rings. The van der Waals surface area contributed by atoms with E-state index in [9.17, 15) is 9.00 Å². The van der Waals surface area contributed by atoms with Gasteiger partial charge in [-0.05, 0) is 36.6 Å². The van der Waals surface area contributed by atoms with Crippen LogP contribution in [0, 0.1) is 11.7 Å². The third-order valence-electron chi connectivity index (χ3n) is 5.29. The molecule has 0 radical (unpaired) electrons. The molecule has 3 aromatic carbocycles. The highest BCUT2D eigenvalue weighted by molar-refractivity contribution is 7.92. The normalized spacial score (nSPS) is 13.1. The number of aromatic nitrogens is 2. The summed E-state index contributed by atoms with van der Waals surface area (Å²) in [6.07, 6.45) is 4.18. The van der Waals surface area contributed by atoms with E-state index < -0.39 is 9.73 Å². The van der Waals surface area contributed by atoms with Gasteiger partial charge in [0.1, 0.15) is 0 Å². The first-order valence-electron chi connectivity index (χ1n) is 10.4. The van der Waals surface area contributed by atoms with Crippen LogP contribution in [-0.2, 0) is 27.5 Å². The molecular formula is C25H26N4O2S. The van der Waals surface area contributed by atoms with Gasteiger partial charge in [0.05, 0.1) is 26.7 Å². The number of aryl methyl sites for hydroxylation is 2. The quantitative estimate of drug-likeness (QED) is 0.419. The van der Waals surface area contributed by atoms with Crippen LogP contribution >= 0.6 is 0 Å². The molecule has 0 spiro atoms. The summed E-state index contributed by atoms with van der Waals surface area (Å²) in [5.41, 5.74) is 4.50. The predicted octanol–water partition coefficient (Wildman–Crippen LogP) is 5.00. The molecule has 164 valence electrons. The number of carbonyl (C=O) groups excluding carboxylic acids is 1. The summed E-state index contributed by atoms with van der Waals surface area (Å²) in [6, 6.07) is 21.4. The van der Waals surface area contributed by atoms with E-state index in [0.717, 1.165) is 11.1 Å². The third kappa shape index (κ3) is 5.23. The molecule has 1 aromatic heterocycles. The van der Waals surface area contributed by atoms with Crippen molar-refractivity contribution >= 4 is 32.2 Å². The van der Waals surface area contributed by atoms with Crippen LogP contribution in [-0.4, -0.2) is 26.2 Å². The van der Waals surface area contributed by atoms with E-state index in [-0.39, 0.29) is 5.91 Å². The van der Waals surface area contributed by atoms with Crippen LogP contribution in [0.5, 0.6) is 0 Å². The maximum atomic E-state index is 12.7. The zero-order valence-corrected chi connectivity index (χ0v) is 19.0. The monoisotopic (exact) mass is 446 g/mol. The summed E-state index contributed by atoms with van der Waals surface area (Å²) >= 11 is 0. The van der Waals surface area contributed by atoms with Gasteiger partial charge in [-0.3, -0.25) is 9.48 Å². The lowest BCUT2D eigenvalue weighted by Crippen LogP contribution is -2.13. The van der Waals surface area contributed by atoms with Gasteiger partial charge in [0, 0.05) is 29.9 Å². The van der Waals surface area contributed by atoms with Crippen molar-refractivity contribution in [2.75, 3.05) is 11.6 Å². The number of nitrogens with zero attached hydrogens (tertiary/aromatic N) is 2. The Bertz CT molecular complexity index is 1360. The molecule has 0 unspecified atom stereocenters. The topological polar surface area (TPSA) is 87.8 Å². The van der Waals surface area contributed by atoms with Crippen molar-refractivity contribution in [2.24, 2.45) is 0 Å². The zero-order chi connectivity index (χ0) is 22.7. The lowest BCUT2D eigenvalue weighted by Gasteiger charge is -2.09.